The molecule has 1 aliphatic heterocycles. The SMILES string of the molecule is Cc1noc(C)c1Cn1cc(N2CNC(C)(C)C2=O)cn1. The highest BCUT2D eigenvalue weighted by Gasteiger charge is 2.39. The number of aryl methyl sites for hydroxylation is 2. The molecule has 0 bridgehead atoms. The maximum absolute atomic E-state index is 12.3. The number of hydrogen-bond acceptors (Lipinski definition) is 5. The fourth-order valence-electron chi connectivity index (χ4n) is 2.44. The van der Waals surface area contributed by atoms with Crippen LogP contribution in [-0.4, -0.2) is 33.1 Å². The summed E-state index contributed by atoms with van der Waals surface area (Å²) in [4.78, 5) is 14.0. The molecule has 0 spiro atoms. The van der Waals surface area contributed by atoms with Gasteiger partial charge in [-0.2, -0.15) is 5.10 Å². The van der Waals surface area contributed by atoms with Crippen molar-refractivity contribution >= 4 is 11.6 Å². The minimum atomic E-state index is -0.524. The molecule has 3 heterocycles. The summed E-state index contributed by atoms with van der Waals surface area (Å²) >= 11 is 0. The van der Waals surface area contributed by atoms with Gasteiger partial charge in [0.15, 0.2) is 0 Å². The van der Waals surface area contributed by atoms with Crippen LogP contribution in [0.25, 0.3) is 0 Å². The predicted octanol–water partition coefficient (Wildman–Crippen LogP) is 1.21. The summed E-state index contributed by atoms with van der Waals surface area (Å²) in [5, 5.41) is 11.4. The molecular formula is C14H19N5O2. The quantitative estimate of drug-likeness (QED) is 0.919. The lowest BCUT2D eigenvalue weighted by molar-refractivity contribution is -0.121. The first-order valence-corrected chi connectivity index (χ1v) is 6.89. The molecule has 1 saturated heterocycles. The molecule has 0 aliphatic carbocycles. The third-order valence-electron chi connectivity index (χ3n) is 3.89. The highest BCUT2D eigenvalue weighted by Crippen LogP contribution is 2.23. The number of rotatable bonds is 3. The fourth-order valence-corrected chi connectivity index (χ4v) is 2.44. The van der Waals surface area contributed by atoms with Gasteiger partial charge in [-0.15, -0.1) is 0 Å². The van der Waals surface area contributed by atoms with Crippen LogP contribution in [-0.2, 0) is 11.3 Å². The Morgan fingerprint density at radius 1 is 1.43 bits per heavy atom. The van der Waals surface area contributed by atoms with Gasteiger partial charge in [0.05, 0.1) is 36.3 Å². The van der Waals surface area contributed by atoms with Gasteiger partial charge in [-0.3, -0.25) is 19.7 Å². The molecule has 7 heteroatoms. The number of nitrogens with one attached hydrogen (secondary N) is 1. The van der Waals surface area contributed by atoms with E-state index in [1.165, 1.54) is 0 Å². The maximum atomic E-state index is 12.3. The van der Waals surface area contributed by atoms with Crippen LogP contribution in [0.5, 0.6) is 0 Å². The molecule has 0 atom stereocenters. The Balaban J connectivity index is 1.80. The molecule has 0 saturated carbocycles. The van der Waals surface area contributed by atoms with Gasteiger partial charge in [-0.05, 0) is 27.7 Å². The number of anilines is 1. The van der Waals surface area contributed by atoms with Crippen LogP contribution in [0.3, 0.4) is 0 Å². The number of carbonyl (C=O) groups excluding carboxylic acids is 1. The maximum Gasteiger partial charge on any atom is 0.247 e. The van der Waals surface area contributed by atoms with Crippen molar-refractivity contribution in [2.75, 3.05) is 11.6 Å². The van der Waals surface area contributed by atoms with E-state index < -0.39 is 5.54 Å². The predicted molar refractivity (Wildman–Crippen MR) is 76.9 cm³/mol. The second-order valence-electron chi connectivity index (χ2n) is 5.89. The summed E-state index contributed by atoms with van der Waals surface area (Å²) in [5.41, 5.74) is 2.16. The Morgan fingerprint density at radius 2 is 2.19 bits per heavy atom. The highest BCUT2D eigenvalue weighted by atomic mass is 16.5. The van der Waals surface area contributed by atoms with Crippen LogP contribution in [0.2, 0.25) is 0 Å². The van der Waals surface area contributed by atoms with E-state index in [4.69, 9.17) is 4.52 Å². The summed E-state index contributed by atoms with van der Waals surface area (Å²) in [6.45, 7) is 8.64. The lowest BCUT2D eigenvalue weighted by Crippen LogP contribution is -2.40. The van der Waals surface area contributed by atoms with Gasteiger partial charge in [0.2, 0.25) is 5.91 Å². The summed E-state index contributed by atoms with van der Waals surface area (Å²) in [6, 6.07) is 0. The second kappa shape index (κ2) is 4.70. The van der Waals surface area contributed by atoms with Crippen molar-refractivity contribution in [2.24, 2.45) is 0 Å². The highest BCUT2D eigenvalue weighted by molar-refractivity contribution is 6.01. The fraction of sp³-hybridized carbons (Fsp3) is 0.500. The summed E-state index contributed by atoms with van der Waals surface area (Å²) < 4.78 is 6.94. The van der Waals surface area contributed by atoms with E-state index in [9.17, 15) is 4.79 Å². The van der Waals surface area contributed by atoms with Crippen molar-refractivity contribution in [2.45, 2.75) is 39.8 Å². The number of amides is 1. The molecular weight excluding hydrogens is 270 g/mol. The van der Waals surface area contributed by atoms with E-state index in [2.05, 4.69) is 15.6 Å². The normalized spacial score (nSPS) is 17.7. The standard InChI is InChI=1S/C14H19N5O2/c1-9-12(10(2)21-17-9)7-18-6-11(5-16-18)19-8-15-14(3,4)13(19)20/h5-6,15H,7-8H2,1-4H3. The molecule has 1 N–H and O–H groups in total. The summed E-state index contributed by atoms with van der Waals surface area (Å²) in [6.07, 6.45) is 3.58. The molecule has 112 valence electrons. The smallest absolute Gasteiger partial charge is 0.247 e. The average Bonchev–Trinajstić information content (AvgIpc) is 3.07. The molecule has 0 unspecified atom stereocenters. The van der Waals surface area contributed by atoms with Crippen molar-refractivity contribution in [3.63, 3.8) is 0 Å². The number of aromatic nitrogens is 3. The first-order valence-electron chi connectivity index (χ1n) is 6.89. The van der Waals surface area contributed by atoms with E-state index >= 15 is 0 Å². The molecule has 1 fully saturated rings. The Bertz CT molecular complexity index is 666. The molecule has 1 amide bonds. The zero-order chi connectivity index (χ0) is 15.2. The molecule has 21 heavy (non-hydrogen) atoms. The third-order valence-corrected chi connectivity index (χ3v) is 3.89. The molecule has 1 aliphatic rings. The van der Waals surface area contributed by atoms with E-state index in [-0.39, 0.29) is 5.91 Å². The van der Waals surface area contributed by atoms with Crippen LogP contribution >= 0.6 is 0 Å². The van der Waals surface area contributed by atoms with Gasteiger partial charge in [-0.25, -0.2) is 0 Å². The third kappa shape index (κ3) is 2.33. The van der Waals surface area contributed by atoms with Crippen molar-refractivity contribution in [1.82, 2.24) is 20.3 Å². The van der Waals surface area contributed by atoms with Crippen LogP contribution < -0.4 is 10.2 Å². The topological polar surface area (TPSA) is 76.2 Å². The minimum Gasteiger partial charge on any atom is -0.361 e. The van der Waals surface area contributed by atoms with Crippen LogP contribution in [0.15, 0.2) is 16.9 Å². The van der Waals surface area contributed by atoms with Gasteiger partial charge in [0.25, 0.3) is 0 Å². The molecule has 2 aromatic heterocycles. The first kappa shape index (κ1) is 13.8. The Kier molecular flexibility index (Phi) is 3.09. The van der Waals surface area contributed by atoms with E-state index in [1.54, 1.807) is 15.8 Å². The lowest BCUT2D eigenvalue weighted by Gasteiger charge is -2.16. The van der Waals surface area contributed by atoms with Crippen LogP contribution in [0.1, 0.15) is 30.9 Å². The molecule has 2 aromatic rings. The Labute approximate surface area is 122 Å². The molecule has 0 aromatic carbocycles. The van der Waals surface area contributed by atoms with Gasteiger partial charge in [-0.1, -0.05) is 5.16 Å². The van der Waals surface area contributed by atoms with E-state index in [0.717, 1.165) is 22.7 Å². The van der Waals surface area contributed by atoms with Crippen molar-refractivity contribution < 1.29 is 9.32 Å². The van der Waals surface area contributed by atoms with Crippen LogP contribution in [0, 0.1) is 13.8 Å². The summed E-state index contributed by atoms with van der Waals surface area (Å²) in [5.74, 6) is 0.851. The average molecular weight is 289 g/mol. The van der Waals surface area contributed by atoms with Gasteiger partial charge in [0, 0.05) is 11.8 Å². The number of nitrogens with zero attached hydrogens (tertiary/aromatic N) is 4. The summed E-state index contributed by atoms with van der Waals surface area (Å²) in [7, 11) is 0. The van der Waals surface area contributed by atoms with E-state index in [0.29, 0.717) is 13.2 Å². The minimum absolute atomic E-state index is 0.0550. The zero-order valence-corrected chi connectivity index (χ0v) is 12.7. The monoisotopic (exact) mass is 289 g/mol. The Morgan fingerprint density at radius 3 is 2.76 bits per heavy atom. The van der Waals surface area contributed by atoms with Gasteiger partial charge in [0.1, 0.15) is 5.76 Å². The lowest BCUT2D eigenvalue weighted by atomic mass is 10.1. The largest absolute Gasteiger partial charge is 0.361 e. The second-order valence-corrected chi connectivity index (χ2v) is 5.89. The Hall–Kier alpha value is -2.15. The van der Waals surface area contributed by atoms with Crippen molar-refractivity contribution in [3.8, 4) is 0 Å². The first-order chi connectivity index (χ1) is 9.88. The van der Waals surface area contributed by atoms with Crippen molar-refractivity contribution in [1.29, 1.82) is 0 Å². The van der Waals surface area contributed by atoms with Gasteiger partial charge >= 0.3 is 0 Å². The molecule has 0 radical (unpaired) electrons. The van der Waals surface area contributed by atoms with Crippen LogP contribution in [0.4, 0.5) is 5.69 Å². The molecule has 7 nitrogen and oxygen atoms in total. The van der Waals surface area contributed by atoms with Crippen molar-refractivity contribution in [3.05, 3.63) is 29.4 Å². The van der Waals surface area contributed by atoms with Gasteiger partial charge < -0.3 is 4.52 Å². The number of hydrogen-bond donors (Lipinski definition) is 1. The van der Waals surface area contributed by atoms with E-state index in [1.807, 2.05) is 33.9 Å². The molecule has 3 rings (SSSR count). The zero-order valence-electron chi connectivity index (χ0n) is 12.7. The number of carbonyl (C=O) groups is 1.